The molecule has 2 fully saturated rings. The van der Waals surface area contributed by atoms with Crippen molar-refractivity contribution in [2.24, 2.45) is 5.92 Å². The van der Waals surface area contributed by atoms with E-state index in [1.54, 1.807) is 6.20 Å². The second kappa shape index (κ2) is 10.6. The number of rotatable bonds is 9. The Morgan fingerprint density at radius 3 is 2.79 bits per heavy atom. The van der Waals surface area contributed by atoms with Gasteiger partial charge >= 0.3 is 0 Å². The first-order valence-corrected chi connectivity index (χ1v) is 13.9. The Balaban J connectivity index is 1.28. The van der Waals surface area contributed by atoms with E-state index in [1.165, 1.54) is 25.0 Å². The van der Waals surface area contributed by atoms with Gasteiger partial charge in [-0.3, -0.25) is 9.58 Å². The smallest absolute Gasteiger partial charge is 0.227 e. The van der Waals surface area contributed by atoms with E-state index in [4.69, 9.17) is 10.1 Å². The lowest BCUT2D eigenvalue weighted by molar-refractivity contribution is 0.145. The Labute approximate surface area is 229 Å². The van der Waals surface area contributed by atoms with Crippen LogP contribution in [0.2, 0.25) is 0 Å². The minimum absolute atomic E-state index is 0.00127. The van der Waals surface area contributed by atoms with E-state index in [0.717, 1.165) is 73.4 Å². The van der Waals surface area contributed by atoms with Crippen LogP contribution in [0, 0.1) is 17.2 Å². The number of hydrogen-bond donors (Lipinski definition) is 3. The first kappa shape index (κ1) is 25.7. The zero-order chi connectivity index (χ0) is 27.0. The molecule has 2 aromatic heterocycles. The highest BCUT2D eigenvalue weighted by molar-refractivity contribution is 5.76. The zero-order valence-electron chi connectivity index (χ0n) is 22.8. The fourth-order valence-corrected chi connectivity index (χ4v) is 5.57. The Morgan fingerprint density at radius 2 is 2.05 bits per heavy atom. The molecule has 1 aliphatic carbocycles. The molecule has 0 amide bonds. The number of piperazine rings is 1. The van der Waals surface area contributed by atoms with Crippen molar-refractivity contribution in [3.8, 4) is 17.3 Å². The van der Waals surface area contributed by atoms with Gasteiger partial charge < -0.3 is 20.6 Å². The molecular weight excluding hydrogens is 490 g/mol. The number of nitriles is 1. The van der Waals surface area contributed by atoms with Gasteiger partial charge in [0.05, 0.1) is 41.1 Å². The van der Waals surface area contributed by atoms with E-state index in [9.17, 15) is 10.4 Å². The molecule has 0 bridgehead atoms. The highest BCUT2D eigenvalue weighted by atomic mass is 16.3. The van der Waals surface area contributed by atoms with Crippen LogP contribution in [-0.4, -0.2) is 81.0 Å². The van der Waals surface area contributed by atoms with Crippen LogP contribution in [0.25, 0.3) is 11.3 Å². The number of anilines is 3. The van der Waals surface area contributed by atoms with Crippen molar-refractivity contribution in [1.29, 1.82) is 5.26 Å². The van der Waals surface area contributed by atoms with Crippen molar-refractivity contribution in [2.75, 3.05) is 57.0 Å². The molecule has 1 aromatic carbocycles. The third kappa shape index (κ3) is 5.35. The maximum absolute atomic E-state index is 10.1. The van der Waals surface area contributed by atoms with Crippen molar-refractivity contribution >= 4 is 17.3 Å². The summed E-state index contributed by atoms with van der Waals surface area (Å²) in [7, 11) is 2.18. The van der Waals surface area contributed by atoms with Gasteiger partial charge in [0.2, 0.25) is 5.95 Å². The van der Waals surface area contributed by atoms with Gasteiger partial charge in [0.25, 0.3) is 0 Å². The van der Waals surface area contributed by atoms with Crippen LogP contribution in [0.5, 0.6) is 0 Å². The fraction of sp³-hybridized carbons (Fsp3) is 0.517. The molecule has 3 N–H and O–H groups in total. The average molecular weight is 528 g/mol. The van der Waals surface area contributed by atoms with Gasteiger partial charge in [-0.2, -0.15) is 10.4 Å². The predicted octanol–water partition coefficient (Wildman–Crippen LogP) is 3.18. The summed E-state index contributed by atoms with van der Waals surface area (Å²) < 4.78 is 2.16. The molecule has 0 unspecified atom stereocenters. The van der Waals surface area contributed by atoms with Crippen LogP contribution in [0.1, 0.15) is 43.0 Å². The summed E-state index contributed by atoms with van der Waals surface area (Å²) in [6.07, 6.45) is 7.49. The monoisotopic (exact) mass is 527 g/mol. The topological polar surface area (TPSA) is 118 Å². The molecule has 10 nitrogen and oxygen atoms in total. The Kier molecular flexibility index (Phi) is 6.97. The normalized spacial score (nSPS) is 21.4. The van der Waals surface area contributed by atoms with Crippen LogP contribution in [0.4, 0.5) is 17.3 Å². The lowest BCUT2D eigenvalue weighted by Crippen LogP contribution is -2.44. The molecule has 10 heteroatoms. The molecule has 4 heterocycles. The number of nitrogens with one attached hydrogen (secondary N) is 2. The number of aromatic nitrogens is 4. The highest BCUT2D eigenvalue weighted by Crippen LogP contribution is 2.41. The quantitative estimate of drug-likeness (QED) is 0.386. The summed E-state index contributed by atoms with van der Waals surface area (Å²) in [6, 6.07) is 8.06. The Morgan fingerprint density at radius 1 is 1.23 bits per heavy atom. The van der Waals surface area contributed by atoms with Gasteiger partial charge in [-0.05, 0) is 43.1 Å². The van der Waals surface area contributed by atoms with Gasteiger partial charge in [-0.25, -0.2) is 9.97 Å². The fourth-order valence-electron chi connectivity index (χ4n) is 5.57. The first-order chi connectivity index (χ1) is 19.0. The number of aryl methyl sites for hydroxylation is 1. The van der Waals surface area contributed by atoms with Crippen molar-refractivity contribution in [3.05, 3.63) is 47.4 Å². The van der Waals surface area contributed by atoms with Crippen molar-refractivity contribution in [3.63, 3.8) is 0 Å². The van der Waals surface area contributed by atoms with Crippen LogP contribution < -0.4 is 10.6 Å². The maximum atomic E-state index is 10.1. The summed E-state index contributed by atoms with van der Waals surface area (Å²) in [5, 5.41) is 31.4. The van der Waals surface area contributed by atoms with Gasteiger partial charge in [0, 0.05) is 63.0 Å². The Hall–Kier alpha value is -3.52. The summed E-state index contributed by atoms with van der Waals surface area (Å²) in [5.41, 5.74) is 5.51. The summed E-state index contributed by atoms with van der Waals surface area (Å²) >= 11 is 0. The molecule has 3 aliphatic rings. The molecule has 0 radical (unpaired) electrons. The number of aliphatic hydroxyl groups is 1. The molecule has 6 rings (SSSR count). The second-order valence-electron chi connectivity index (χ2n) is 11.6. The third-order valence-electron chi connectivity index (χ3n) is 8.48. The standard InChI is InChI=1S/C29H37N9O/c1-29(19-39)18-32-27-22(15-30)13-21(14-23(27)29)24-5-7-31-28(34-24)35-25-16-33-38(8-6-20-3-4-20)26(25)17-37-11-9-36(2)10-12-37/h5,7,13-14,16,20,32,39H,3-4,6,8-12,17-19H2,1-2H3,(H,31,34,35)/t29-/m1/s1. The predicted molar refractivity (Wildman–Crippen MR) is 151 cm³/mol. The Bertz CT molecular complexity index is 1380. The van der Waals surface area contributed by atoms with Crippen molar-refractivity contribution in [2.45, 2.75) is 44.7 Å². The van der Waals surface area contributed by atoms with Gasteiger partial charge in [0.1, 0.15) is 6.07 Å². The molecule has 204 valence electrons. The van der Waals surface area contributed by atoms with E-state index in [-0.39, 0.29) is 6.61 Å². The lowest BCUT2D eigenvalue weighted by Gasteiger charge is -2.32. The van der Waals surface area contributed by atoms with E-state index in [0.29, 0.717) is 18.1 Å². The van der Waals surface area contributed by atoms with Crippen LogP contribution in [0.3, 0.4) is 0 Å². The second-order valence-corrected chi connectivity index (χ2v) is 11.6. The summed E-state index contributed by atoms with van der Waals surface area (Å²) in [5.74, 6) is 1.34. The number of nitrogens with zero attached hydrogens (tertiary/aromatic N) is 7. The number of aliphatic hydroxyl groups excluding tert-OH is 1. The minimum atomic E-state index is -0.446. The number of likely N-dealkylation sites (N-methyl/N-ethyl adjacent to an activating group) is 1. The lowest BCUT2D eigenvalue weighted by atomic mass is 9.83. The molecule has 1 atom stereocenters. The summed E-state index contributed by atoms with van der Waals surface area (Å²) in [6.45, 7) is 8.58. The third-order valence-corrected chi connectivity index (χ3v) is 8.48. The molecule has 1 saturated heterocycles. The first-order valence-electron chi connectivity index (χ1n) is 13.9. The molecule has 1 saturated carbocycles. The number of benzene rings is 1. The van der Waals surface area contributed by atoms with Gasteiger partial charge in [0.15, 0.2) is 0 Å². The molecular formula is C29H37N9O. The summed E-state index contributed by atoms with van der Waals surface area (Å²) in [4.78, 5) is 14.2. The van der Waals surface area contributed by atoms with E-state index in [2.05, 4.69) is 43.2 Å². The number of hydrogen-bond acceptors (Lipinski definition) is 9. The maximum Gasteiger partial charge on any atom is 0.227 e. The van der Waals surface area contributed by atoms with E-state index >= 15 is 0 Å². The average Bonchev–Trinajstić information content (AvgIpc) is 3.64. The van der Waals surface area contributed by atoms with E-state index in [1.807, 2.05) is 31.3 Å². The van der Waals surface area contributed by atoms with E-state index < -0.39 is 5.41 Å². The molecule has 39 heavy (non-hydrogen) atoms. The molecule has 2 aliphatic heterocycles. The molecule has 0 spiro atoms. The number of fused-ring (bicyclic) bond motifs is 1. The molecule has 3 aromatic rings. The minimum Gasteiger partial charge on any atom is -0.395 e. The van der Waals surface area contributed by atoms with Crippen LogP contribution >= 0.6 is 0 Å². The SMILES string of the molecule is CN1CCN(Cc2c(Nc3nccc(-c4cc(C#N)c5c(c4)[C@@](C)(CO)CN5)n3)cnn2CCC2CC2)CC1. The largest absolute Gasteiger partial charge is 0.395 e. The van der Waals surface area contributed by atoms with Gasteiger partial charge in [-0.1, -0.05) is 19.8 Å². The van der Waals surface area contributed by atoms with Crippen molar-refractivity contribution < 1.29 is 5.11 Å². The van der Waals surface area contributed by atoms with Crippen LogP contribution in [-0.2, 0) is 18.5 Å². The van der Waals surface area contributed by atoms with Crippen molar-refractivity contribution in [1.82, 2.24) is 29.5 Å². The zero-order valence-corrected chi connectivity index (χ0v) is 22.8. The highest BCUT2D eigenvalue weighted by Gasteiger charge is 2.36. The van der Waals surface area contributed by atoms with Crippen LogP contribution in [0.15, 0.2) is 30.6 Å². The van der Waals surface area contributed by atoms with Gasteiger partial charge in [-0.15, -0.1) is 0 Å².